The molecule has 0 spiro atoms. The van der Waals surface area contributed by atoms with Crippen LogP contribution in [0.15, 0.2) is 36.4 Å². The van der Waals surface area contributed by atoms with E-state index in [1.807, 2.05) is 25.1 Å². The average molecular weight is 307 g/mol. The van der Waals surface area contributed by atoms with Crippen LogP contribution in [0.1, 0.15) is 18.5 Å². The molecule has 0 saturated carbocycles. The highest BCUT2D eigenvalue weighted by Gasteiger charge is 2.08. The van der Waals surface area contributed by atoms with E-state index in [0.29, 0.717) is 6.54 Å². The number of methoxy groups -OCH3 is 1. The van der Waals surface area contributed by atoms with Crippen LogP contribution in [0.5, 0.6) is 5.75 Å². The molecule has 0 aliphatic carbocycles. The highest BCUT2D eigenvalue weighted by molar-refractivity contribution is 7.90. The predicted molar refractivity (Wildman–Crippen MR) is 86.6 cm³/mol. The molecule has 0 heterocycles. The maximum absolute atomic E-state index is 11.1. The smallest absolute Gasteiger partial charge is 0.148 e. The summed E-state index contributed by atoms with van der Waals surface area (Å²) in [5.41, 5.74) is 1.14. The summed E-state index contributed by atoms with van der Waals surface area (Å²) < 4.78 is 27.5. The molecule has 0 aromatic heterocycles. The van der Waals surface area contributed by atoms with Crippen LogP contribution in [-0.4, -0.2) is 34.1 Å². The first-order valence-electron chi connectivity index (χ1n) is 6.88. The Morgan fingerprint density at radius 1 is 1.14 bits per heavy atom. The van der Waals surface area contributed by atoms with Gasteiger partial charge in [-0.1, -0.05) is 18.2 Å². The molecule has 0 fully saturated rings. The fourth-order valence-corrected chi connectivity index (χ4v) is 2.71. The first-order chi connectivity index (χ1) is 9.89. The SMILES string of the molecule is COc1ccc2cc(C(C)NCCS(C)(=O)=O)ccc2c1. The molecule has 2 aromatic carbocycles. The monoisotopic (exact) mass is 307 g/mol. The maximum Gasteiger partial charge on any atom is 0.148 e. The molecule has 5 heteroatoms. The molecule has 0 radical (unpaired) electrons. The topological polar surface area (TPSA) is 55.4 Å². The Bertz CT molecular complexity index is 725. The van der Waals surface area contributed by atoms with Crippen LogP contribution in [0.2, 0.25) is 0 Å². The van der Waals surface area contributed by atoms with Gasteiger partial charge in [0.05, 0.1) is 12.9 Å². The lowest BCUT2D eigenvalue weighted by atomic mass is 10.0. The van der Waals surface area contributed by atoms with Crippen molar-refractivity contribution in [2.24, 2.45) is 0 Å². The minimum absolute atomic E-state index is 0.109. The Labute approximate surface area is 126 Å². The van der Waals surface area contributed by atoms with Crippen molar-refractivity contribution in [3.05, 3.63) is 42.0 Å². The molecule has 1 N–H and O–H groups in total. The van der Waals surface area contributed by atoms with E-state index in [4.69, 9.17) is 4.74 Å². The molecule has 0 saturated heterocycles. The van der Waals surface area contributed by atoms with Crippen molar-refractivity contribution in [2.45, 2.75) is 13.0 Å². The molecule has 0 aliphatic heterocycles. The Balaban J connectivity index is 2.11. The van der Waals surface area contributed by atoms with Crippen molar-refractivity contribution in [1.29, 1.82) is 0 Å². The van der Waals surface area contributed by atoms with Gasteiger partial charge in [-0.3, -0.25) is 0 Å². The fraction of sp³-hybridized carbons (Fsp3) is 0.375. The largest absolute Gasteiger partial charge is 0.497 e. The highest BCUT2D eigenvalue weighted by Crippen LogP contribution is 2.24. The van der Waals surface area contributed by atoms with E-state index in [9.17, 15) is 8.42 Å². The molecule has 114 valence electrons. The average Bonchev–Trinajstić information content (AvgIpc) is 2.44. The van der Waals surface area contributed by atoms with Gasteiger partial charge >= 0.3 is 0 Å². The minimum Gasteiger partial charge on any atom is -0.497 e. The summed E-state index contributed by atoms with van der Waals surface area (Å²) in [6, 6.07) is 12.3. The Morgan fingerprint density at radius 2 is 1.81 bits per heavy atom. The lowest BCUT2D eigenvalue weighted by Crippen LogP contribution is -2.25. The summed E-state index contributed by atoms with van der Waals surface area (Å²) in [5.74, 6) is 0.997. The molecule has 0 bridgehead atoms. The van der Waals surface area contributed by atoms with Gasteiger partial charge in [0, 0.05) is 18.8 Å². The van der Waals surface area contributed by atoms with Crippen molar-refractivity contribution in [1.82, 2.24) is 5.32 Å². The lowest BCUT2D eigenvalue weighted by molar-refractivity contribution is 0.415. The summed E-state index contributed by atoms with van der Waals surface area (Å²) in [5, 5.41) is 5.51. The number of rotatable bonds is 6. The summed E-state index contributed by atoms with van der Waals surface area (Å²) in [6.45, 7) is 2.49. The molecule has 21 heavy (non-hydrogen) atoms. The zero-order valence-electron chi connectivity index (χ0n) is 12.6. The first-order valence-corrected chi connectivity index (χ1v) is 8.94. The molecule has 0 amide bonds. The molecular formula is C16H21NO3S. The number of sulfone groups is 1. The third-order valence-corrected chi connectivity index (χ3v) is 4.44. The molecule has 1 unspecified atom stereocenters. The zero-order chi connectivity index (χ0) is 15.5. The van der Waals surface area contributed by atoms with Gasteiger partial charge in [-0.25, -0.2) is 8.42 Å². The first kappa shape index (κ1) is 15.8. The minimum atomic E-state index is -2.92. The quantitative estimate of drug-likeness (QED) is 0.891. The number of ether oxygens (including phenoxy) is 1. The second-order valence-corrected chi connectivity index (χ2v) is 7.54. The second kappa shape index (κ2) is 6.45. The van der Waals surface area contributed by atoms with Gasteiger partial charge in [-0.05, 0) is 41.5 Å². The molecule has 4 nitrogen and oxygen atoms in total. The van der Waals surface area contributed by atoms with Gasteiger partial charge in [0.1, 0.15) is 15.6 Å². The van der Waals surface area contributed by atoms with Gasteiger partial charge in [-0.15, -0.1) is 0 Å². The van der Waals surface area contributed by atoms with E-state index >= 15 is 0 Å². The summed E-state index contributed by atoms with van der Waals surface area (Å²) in [7, 11) is -1.26. The van der Waals surface area contributed by atoms with Gasteiger partial charge in [-0.2, -0.15) is 0 Å². The summed E-state index contributed by atoms with van der Waals surface area (Å²) in [6.07, 6.45) is 1.25. The molecule has 2 rings (SSSR count). The van der Waals surface area contributed by atoms with Crippen LogP contribution in [0.4, 0.5) is 0 Å². The number of hydrogen-bond donors (Lipinski definition) is 1. The molecule has 0 aliphatic rings. The van der Waals surface area contributed by atoms with Gasteiger partial charge in [0.15, 0.2) is 0 Å². The molecular weight excluding hydrogens is 286 g/mol. The van der Waals surface area contributed by atoms with Crippen molar-refractivity contribution < 1.29 is 13.2 Å². The number of nitrogens with one attached hydrogen (secondary N) is 1. The normalized spacial score (nSPS) is 13.3. The van der Waals surface area contributed by atoms with Crippen LogP contribution < -0.4 is 10.1 Å². The Kier molecular flexibility index (Phi) is 4.85. The van der Waals surface area contributed by atoms with Crippen LogP contribution in [0, 0.1) is 0 Å². The van der Waals surface area contributed by atoms with Crippen LogP contribution in [0.3, 0.4) is 0 Å². The predicted octanol–water partition coefficient (Wildman–Crippen LogP) is 2.54. The standard InChI is InChI=1S/C16H21NO3S/c1-12(17-8-9-21(3,18)19)13-4-5-15-11-16(20-2)7-6-14(15)10-13/h4-7,10-12,17H,8-9H2,1-3H3. The summed E-state index contributed by atoms with van der Waals surface area (Å²) in [4.78, 5) is 0. The van der Waals surface area contributed by atoms with Crippen molar-refractivity contribution in [2.75, 3.05) is 25.7 Å². The van der Waals surface area contributed by atoms with Crippen LogP contribution >= 0.6 is 0 Å². The lowest BCUT2D eigenvalue weighted by Gasteiger charge is -2.15. The number of fused-ring (bicyclic) bond motifs is 1. The fourth-order valence-electron chi connectivity index (χ4n) is 2.22. The van der Waals surface area contributed by atoms with Gasteiger partial charge < -0.3 is 10.1 Å². The third kappa shape index (κ3) is 4.44. The Hall–Kier alpha value is -1.59. The molecule has 1 atom stereocenters. The van der Waals surface area contributed by atoms with E-state index in [1.165, 1.54) is 6.26 Å². The van der Waals surface area contributed by atoms with E-state index < -0.39 is 9.84 Å². The van der Waals surface area contributed by atoms with Crippen LogP contribution in [-0.2, 0) is 9.84 Å². The van der Waals surface area contributed by atoms with Crippen LogP contribution in [0.25, 0.3) is 10.8 Å². The number of hydrogen-bond acceptors (Lipinski definition) is 4. The van der Waals surface area contributed by atoms with E-state index in [1.54, 1.807) is 7.11 Å². The number of benzene rings is 2. The van der Waals surface area contributed by atoms with Gasteiger partial charge in [0.2, 0.25) is 0 Å². The highest BCUT2D eigenvalue weighted by atomic mass is 32.2. The van der Waals surface area contributed by atoms with Crippen molar-refractivity contribution in [3.8, 4) is 5.75 Å². The van der Waals surface area contributed by atoms with Crippen molar-refractivity contribution in [3.63, 3.8) is 0 Å². The van der Waals surface area contributed by atoms with E-state index in [0.717, 1.165) is 22.1 Å². The Morgan fingerprint density at radius 3 is 2.48 bits per heavy atom. The van der Waals surface area contributed by atoms with E-state index in [-0.39, 0.29) is 11.8 Å². The van der Waals surface area contributed by atoms with E-state index in [2.05, 4.69) is 23.5 Å². The zero-order valence-corrected chi connectivity index (χ0v) is 13.4. The summed E-state index contributed by atoms with van der Waals surface area (Å²) >= 11 is 0. The second-order valence-electron chi connectivity index (χ2n) is 5.28. The van der Waals surface area contributed by atoms with Gasteiger partial charge in [0.25, 0.3) is 0 Å². The third-order valence-electron chi connectivity index (χ3n) is 3.49. The molecule has 2 aromatic rings. The van der Waals surface area contributed by atoms with Crippen molar-refractivity contribution >= 4 is 20.6 Å². The maximum atomic E-state index is 11.1.